The minimum Gasteiger partial charge on any atom is -0.391 e. The molecule has 0 bridgehead atoms. The number of nitrogens with two attached hydrogens (primary N) is 1. The zero-order valence-corrected chi connectivity index (χ0v) is 11.9. The van der Waals surface area contributed by atoms with Gasteiger partial charge in [-0.2, -0.15) is 0 Å². The minimum absolute atomic E-state index is 0.270. The number of aliphatic hydroxyl groups excluding tert-OH is 1. The van der Waals surface area contributed by atoms with Crippen LogP contribution in [0.2, 0.25) is 0 Å². The number of nitrogens with zero attached hydrogens (tertiary/aromatic N) is 3. The maximum atomic E-state index is 10.3. The fraction of sp³-hybridized carbons (Fsp3) is 0.375. The summed E-state index contributed by atoms with van der Waals surface area (Å²) in [5, 5.41) is 10.3. The highest BCUT2D eigenvalue weighted by atomic mass is 16.3. The lowest BCUT2D eigenvalue weighted by Crippen LogP contribution is -2.21. The first kappa shape index (κ1) is 14.0. The van der Waals surface area contributed by atoms with Crippen LogP contribution in [0.3, 0.4) is 0 Å². The Morgan fingerprint density at radius 1 is 1.14 bits per heavy atom. The number of aromatic nitrogens is 2. The number of hydrogen-bond donors (Lipinski definition) is 2. The quantitative estimate of drug-likeness (QED) is 0.879. The average molecular weight is 284 g/mol. The van der Waals surface area contributed by atoms with Crippen LogP contribution in [0.25, 0.3) is 0 Å². The summed E-state index contributed by atoms with van der Waals surface area (Å²) < 4.78 is 0. The molecule has 1 fully saturated rings. The number of nitrogen functional groups attached to an aromatic ring is 1. The molecule has 0 saturated carbocycles. The van der Waals surface area contributed by atoms with Crippen LogP contribution in [0.1, 0.15) is 11.1 Å². The van der Waals surface area contributed by atoms with Gasteiger partial charge in [0.05, 0.1) is 6.10 Å². The van der Waals surface area contributed by atoms with Gasteiger partial charge in [0.1, 0.15) is 5.82 Å². The number of β-amino-alcohol motifs (C(OH)–C–C–N with tert-alkyl or cyclic N) is 1. The summed E-state index contributed by atoms with van der Waals surface area (Å²) in [6.07, 6.45) is 5.93. The van der Waals surface area contributed by atoms with Crippen LogP contribution in [0.15, 0.2) is 42.9 Å². The highest BCUT2D eigenvalue weighted by molar-refractivity contribution is 5.31. The zero-order valence-electron chi connectivity index (χ0n) is 11.9. The van der Waals surface area contributed by atoms with Crippen molar-refractivity contribution in [1.29, 1.82) is 0 Å². The van der Waals surface area contributed by atoms with Crippen LogP contribution in [-0.2, 0) is 13.0 Å². The van der Waals surface area contributed by atoms with Crippen molar-refractivity contribution < 1.29 is 5.11 Å². The van der Waals surface area contributed by atoms with E-state index in [1.165, 1.54) is 5.56 Å². The highest BCUT2D eigenvalue weighted by Gasteiger charge is 2.31. The molecule has 0 radical (unpaired) electrons. The van der Waals surface area contributed by atoms with Crippen molar-refractivity contribution in [3.63, 3.8) is 0 Å². The lowest BCUT2D eigenvalue weighted by atomic mass is 9.97. The van der Waals surface area contributed by atoms with E-state index in [9.17, 15) is 5.11 Å². The second kappa shape index (κ2) is 6.20. The van der Waals surface area contributed by atoms with E-state index in [0.717, 1.165) is 25.1 Å². The SMILES string of the molecule is Nc1cc(CN2C[C@@H](Cc3ccncc3)[C@H](O)C2)ccn1. The van der Waals surface area contributed by atoms with Gasteiger partial charge < -0.3 is 10.8 Å². The molecule has 5 heteroatoms. The number of hydrogen-bond acceptors (Lipinski definition) is 5. The molecular formula is C16H20N4O. The number of anilines is 1. The second-order valence-electron chi connectivity index (χ2n) is 5.67. The summed E-state index contributed by atoms with van der Waals surface area (Å²) in [5.74, 6) is 0.812. The summed E-state index contributed by atoms with van der Waals surface area (Å²) >= 11 is 0. The number of rotatable bonds is 4. The van der Waals surface area contributed by atoms with Gasteiger partial charge in [-0.05, 0) is 41.8 Å². The Hall–Kier alpha value is -1.98. The molecule has 110 valence electrons. The molecule has 0 unspecified atom stereocenters. The predicted octanol–water partition coefficient (Wildman–Crippen LogP) is 1.09. The number of aliphatic hydroxyl groups is 1. The first-order valence-electron chi connectivity index (χ1n) is 7.20. The summed E-state index contributed by atoms with van der Waals surface area (Å²) in [6.45, 7) is 2.40. The van der Waals surface area contributed by atoms with E-state index < -0.39 is 0 Å². The third-order valence-electron chi connectivity index (χ3n) is 3.98. The standard InChI is InChI=1S/C16H20N4O/c17-16-8-13(3-6-19-16)9-20-10-14(15(21)11-20)7-12-1-4-18-5-2-12/h1-6,8,14-15,21H,7,9-11H2,(H2,17,19)/t14-,15-/m1/s1. The summed E-state index contributed by atoms with van der Waals surface area (Å²) in [4.78, 5) is 10.3. The van der Waals surface area contributed by atoms with Crippen LogP contribution in [-0.4, -0.2) is 39.2 Å². The predicted molar refractivity (Wildman–Crippen MR) is 81.4 cm³/mol. The van der Waals surface area contributed by atoms with Gasteiger partial charge in [0.15, 0.2) is 0 Å². The Labute approximate surface area is 124 Å². The Balaban J connectivity index is 1.61. The molecule has 1 aliphatic rings. The van der Waals surface area contributed by atoms with E-state index in [0.29, 0.717) is 12.4 Å². The Bertz CT molecular complexity index is 590. The monoisotopic (exact) mass is 284 g/mol. The van der Waals surface area contributed by atoms with Crippen molar-refractivity contribution in [3.8, 4) is 0 Å². The molecule has 2 aromatic heterocycles. The van der Waals surface area contributed by atoms with E-state index >= 15 is 0 Å². The molecule has 0 aromatic carbocycles. The molecular weight excluding hydrogens is 264 g/mol. The molecule has 0 amide bonds. The lowest BCUT2D eigenvalue weighted by molar-refractivity contribution is 0.141. The Morgan fingerprint density at radius 2 is 1.90 bits per heavy atom. The second-order valence-corrected chi connectivity index (χ2v) is 5.67. The number of pyridine rings is 2. The smallest absolute Gasteiger partial charge is 0.123 e. The first-order chi connectivity index (χ1) is 10.2. The van der Waals surface area contributed by atoms with E-state index in [1.54, 1.807) is 18.6 Å². The molecule has 2 aromatic rings. The van der Waals surface area contributed by atoms with Crippen molar-refractivity contribution in [1.82, 2.24) is 14.9 Å². The van der Waals surface area contributed by atoms with Crippen molar-refractivity contribution in [2.45, 2.75) is 19.1 Å². The van der Waals surface area contributed by atoms with Gasteiger partial charge in [-0.3, -0.25) is 9.88 Å². The lowest BCUT2D eigenvalue weighted by Gasteiger charge is -2.15. The third-order valence-corrected chi connectivity index (χ3v) is 3.98. The molecule has 3 heterocycles. The normalized spacial score (nSPS) is 22.5. The topological polar surface area (TPSA) is 75.3 Å². The minimum atomic E-state index is -0.280. The van der Waals surface area contributed by atoms with E-state index in [-0.39, 0.29) is 12.0 Å². The van der Waals surface area contributed by atoms with E-state index in [4.69, 9.17) is 5.73 Å². The van der Waals surface area contributed by atoms with Gasteiger partial charge in [0.2, 0.25) is 0 Å². The van der Waals surface area contributed by atoms with Gasteiger partial charge in [0, 0.05) is 44.1 Å². The third kappa shape index (κ3) is 3.56. The number of likely N-dealkylation sites (tertiary alicyclic amines) is 1. The molecule has 5 nitrogen and oxygen atoms in total. The van der Waals surface area contributed by atoms with Crippen molar-refractivity contribution in [3.05, 3.63) is 54.0 Å². The van der Waals surface area contributed by atoms with Gasteiger partial charge >= 0.3 is 0 Å². The molecule has 2 atom stereocenters. The van der Waals surface area contributed by atoms with Crippen LogP contribution >= 0.6 is 0 Å². The fourth-order valence-corrected chi connectivity index (χ4v) is 2.94. The summed E-state index contributed by atoms with van der Waals surface area (Å²) in [7, 11) is 0. The van der Waals surface area contributed by atoms with E-state index in [2.05, 4.69) is 14.9 Å². The van der Waals surface area contributed by atoms with Gasteiger partial charge in [0.25, 0.3) is 0 Å². The largest absolute Gasteiger partial charge is 0.391 e. The summed E-state index contributed by atoms with van der Waals surface area (Å²) in [5.41, 5.74) is 8.07. The van der Waals surface area contributed by atoms with Crippen LogP contribution < -0.4 is 5.73 Å². The maximum absolute atomic E-state index is 10.3. The first-order valence-corrected chi connectivity index (χ1v) is 7.20. The highest BCUT2D eigenvalue weighted by Crippen LogP contribution is 2.23. The molecule has 3 rings (SSSR count). The molecule has 3 N–H and O–H groups in total. The zero-order chi connectivity index (χ0) is 14.7. The molecule has 1 saturated heterocycles. The van der Waals surface area contributed by atoms with Gasteiger partial charge in [-0.1, -0.05) is 0 Å². The van der Waals surface area contributed by atoms with Crippen LogP contribution in [0.5, 0.6) is 0 Å². The van der Waals surface area contributed by atoms with Crippen LogP contribution in [0, 0.1) is 5.92 Å². The Kier molecular flexibility index (Phi) is 4.13. The van der Waals surface area contributed by atoms with Crippen LogP contribution in [0.4, 0.5) is 5.82 Å². The van der Waals surface area contributed by atoms with Crippen molar-refractivity contribution in [2.24, 2.45) is 5.92 Å². The van der Waals surface area contributed by atoms with Gasteiger partial charge in [-0.25, -0.2) is 4.98 Å². The van der Waals surface area contributed by atoms with Crippen molar-refractivity contribution >= 4 is 5.82 Å². The van der Waals surface area contributed by atoms with Crippen molar-refractivity contribution in [2.75, 3.05) is 18.8 Å². The summed E-state index contributed by atoms with van der Waals surface area (Å²) in [6, 6.07) is 7.89. The molecule has 1 aliphatic heterocycles. The average Bonchev–Trinajstić information content (AvgIpc) is 2.80. The maximum Gasteiger partial charge on any atom is 0.123 e. The molecule has 21 heavy (non-hydrogen) atoms. The van der Waals surface area contributed by atoms with E-state index in [1.807, 2.05) is 24.3 Å². The fourth-order valence-electron chi connectivity index (χ4n) is 2.94. The molecule has 0 spiro atoms. The Morgan fingerprint density at radius 3 is 2.67 bits per heavy atom. The molecule has 0 aliphatic carbocycles. The van der Waals surface area contributed by atoms with Gasteiger partial charge in [-0.15, -0.1) is 0 Å².